The summed E-state index contributed by atoms with van der Waals surface area (Å²) >= 11 is 5.13. The van der Waals surface area contributed by atoms with E-state index < -0.39 is 6.61 Å². The fourth-order valence-electron chi connectivity index (χ4n) is 2.23. The number of ether oxygens (including phenoxy) is 2. The highest BCUT2D eigenvalue weighted by Gasteiger charge is 2.12. The van der Waals surface area contributed by atoms with E-state index in [1.165, 1.54) is 13.2 Å². The summed E-state index contributed by atoms with van der Waals surface area (Å²) in [5.74, 6) is -0.153. The van der Waals surface area contributed by atoms with E-state index in [0.717, 1.165) is 24.8 Å². The summed E-state index contributed by atoms with van der Waals surface area (Å²) in [6.07, 6.45) is 2.87. The average molecular weight is 401 g/mol. The van der Waals surface area contributed by atoms with Crippen LogP contribution in [0.25, 0.3) is 0 Å². The molecule has 0 aliphatic carbocycles. The minimum Gasteiger partial charge on any atom is -0.469 e. The second-order valence-electron chi connectivity index (χ2n) is 5.83. The van der Waals surface area contributed by atoms with Crippen LogP contribution in [-0.2, 0) is 9.53 Å². The SMILES string of the molecule is COC(=O)CCCCCNC(=S)N/N=C(/C)c1cc(C)ccc1OC(F)F. The third kappa shape index (κ3) is 9.28. The van der Waals surface area contributed by atoms with Gasteiger partial charge >= 0.3 is 12.6 Å². The van der Waals surface area contributed by atoms with Crippen molar-refractivity contribution in [2.75, 3.05) is 13.7 Å². The van der Waals surface area contributed by atoms with E-state index in [2.05, 4.69) is 25.3 Å². The van der Waals surface area contributed by atoms with Crippen LogP contribution in [0.4, 0.5) is 8.78 Å². The molecule has 0 aromatic heterocycles. The molecule has 0 saturated carbocycles. The van der Waals surface area contributed by atoms with Gasteiger partial charge in [0, 0.05) is 18.5 Å². The molecular weight excluding hydrogens is 376 g/mol. The molecular formula is C18H25F2N3O3S. The lowest BCUT2D eigenvalue weighted by Gasteiger charge is -2.12. The molecule has 27 heavy (non-hydrogen) atoms. The number of esters is 1. The average Bonchev–Trinajstić information content (AvgIpc) is 2.63. The first-order chi connectivity index (χ1) is 12.8. The topological polar surface area (TPSA) is 72.0 Å². The van der Waals surface area contributed by atoms with Crippen LogP contribution in [-0.4, -0.2) is 37.1 Å². The molecule has 1 rings (SSSR count). The number of hydrogen-bond donors (Lipinski definition) is 2. The molecule has 0 heterocycles. The van der Waals surface area contributed by atoms with Crippen molar-refractivity contribution in [3.8, 4) is 5.75 Å². The van der Waals surface area contributed by atoms with Crippen molar-refractivity contribution in [3.05, 3.63) is 29.3 Å². The van der Waals surface area contributed by atoms with Gasteiger partial charge < -0.3 is 14.8 Å². The van der Waals surface area contributed by atoms with Gasteiger partial charge in [0.25, 0.3) is 0 Å². The number of carbonyl (C=O) groups is 1. The second kappa shape index (κ2) is 12.2. The third-order valence-electron chi connectivity index (χ3n) is 3.64. The lowest BCUT2D eigenvalue weighted by molar-refractivity contribution is -0.140. The smallest absolute Gasteiger partial charge is 0.387 e. The molecule has 0 aliphatic heterocycles. The largest absolute Gasteiger partial charge is 0.469 e. The van der Waals surface area contributed by atoms with Crippen molar-refractivity contribution in [2.45, 2.75) is 46.1 Å². The van der Waals surface area contributed by atoms with Gasteiger partial charge in [-0.3, -0.25) is 10.2 Å². The van der Waals surface area contributed by atoms with Crippen molar-refractivity contribution in [3.63, 3.8) is 0 Å². The summed E-state index contributed by atoms with van der Waals surface area (Å²) in [5.41, 5.74) is 4.52. The normalized spacial score (nSPS) is 11.3. The summed E-state index contributed by atoms with van der Waals surface area (Å²) in [6, 6.07) is 4.89. The number of methoxy groups -OCH3 is 1. The standard InChI is InChI=1S/C18H25F2N3O3S/c1-12-8-9-15(26-17(19)20)14(11-12)13(2)22-23-18(27)21-10-6-4-5-7-16(24)25-3/h8-9,11,17H,4-7,10H2,1-3H3,(H2,21,23,27)/b22-13-. The minimum atomic E-state index is -2.91. The molecule has 0 amide bonds. The molecule has 0 fully saturated rings. The van der Waals surface area contributed by atoms with Crippen molar-refractivity contribution in [2.24, 2.45) is 5.10 Å². The summed E-state index contributed by atoms with van der Waals surface area (Å²) in [5, 5.41) is 7.45. The van der Waals surface area contributed by atoms with Gasteiger partial charge in [0.2, 0.25) is 0 Å². The molecule has 0 bridgehead atoms. The highest BCUT2D eigenvalue weighted by molar-refractivity contribution is 7.80. The monoisotopic (exact) mass is 401 g/mol. The number of carbonyl (C=O) groups excluding carboxylic acids is 1. The van der Waals surface area contributed by atoms with Crippen LogP contribution in [0.3, 0.4) is 0 Å². The zero-order valence-corrected chi connectivity index (χ0v) is 16.5. The number of nitrogens with one attached hydrogen (secondary N) is 2. The van der Waals surface area contributed by atoms with Crippen LogP contribution in [0, 0.1) is 6.92 Å². The van der Waals surface area contributed by atoms with Gasteiger partial charge in [-0.15, -0.1) is 0 Å². The second-order valence-corrected chi connectivity index (χ2v) is 6.24. The molecule has 0 spiro atoms. The quantitative estimate of drug-likeness (QED) is 0.206. The van der Waals surface area contributed by atoms with Crippen LogP contribution in [0.15, 0.2) is 23.3 Å². The van der Waals surface area contributed by atoms with Crippen molar-refractivity contribution < 1.29 is 23.0 Å². The van der Waals surface area contributed by atoms with Gasteiger partial charge in [0.05, 0.1) is 12.8 Å². The van der Waals surface area contributed by atoms with Crippen LogP contribution < -0.4 is 15.5 Å². The number of hydrazone groups is 1. The first kappa shape index (κ1) is 22.8. The summed E-state index contributed by atoms with van der Waals surface area (Å²) in [7, 11) is 1.37. The van der Waals surface area contributed by atoms with Crippen LogP contribution >= 0.6 is 12.2 Å². The zero-order valence-electron chi connectivity index (χ0n) is 15.7. The molecule has 0 unspecified atom stereocenters. The summed E-state index contributed by atoms with van der Waals surface area (Å²) in [6.45, 7) is 1.25. The molecule has 2 N–H and O–H groups in total. The van der Waals surface area contributed by atoms with Gasteiger partial charge in [-0.05, 0) is 51.0 Å². The van der Waals surface area contributed by atoms with Crippen LogP contribution in [0.1, 0.15) is 43.7 Å². The molecule has 6 nitrogen and oxygen atoms in total. The predicted molar refractivity (Wildman–Crippen MR) is 104 cm³/mol. The Morgan fingerprint density at radius 2 is 2.04 bits per heavy atom. The lowest BCUT2D eigenvalue weighted by Crippen LogP contribution is -2.33. The summed E-state index contributed by atoms with van der Waals surface area (Å²) in [4.78, 5) is 11.0. The first-order valence-corrected chi connectivity index (χ1v) is 8.95. The number of nitrogens with zero attached hydrogens (tertiary/aromatic N) is 1. The Hall–Kier alpha value is -2.29. The minimum absolute atomic E-state index is 0.0585. The van der Waals surface area contributed by atoms with Gasteiger partial charge in [0.15, 0.2) is 5.11 Å². The van der Waals surface area contributed by atoms with E-state index in [9.17, 15) is 13.6 Å². The molecule has 150 valence electrons. The molecule has 9 heteroatoms. The highest BCUT2D eigenvalue weighted by Crippen LogP contribution is 2.22. The van der Waals surface area contributed by atoms with E-state index in [-0.39, 0.29) is 11.7 Å². The van der Waals surface area contributed by atoms with E-state index in [1.807, 2.05) is 6.92 Å². The lowest BCUT2D eigenvalue weighted by atomic mass is 10.1. The molecule has 1 aromatic carbocycles. The molecule has 0 atom stereocenters. The first-order valence-electron chi connectivity index (χ1n) is 8.54. The highest BCUT2D eigenvalue weighted by atomic mass is 32.1. The number of halogens is 2. The van der Waals surface area contributed by atoms with E-state index in [1.54, 1.807) is 19.1 Å². The Kier molecular flexibility index (Phi) is 10.2. The van der Waals surface area contributed by atoms with Crippen molar-refractivity contribution in [1.29, 1.82) is 0 Å². The zero-order chi connectivity index (χ0) is 20.2. The van der Waals surface area contributed by atoms with Gasteiger partial charge in [-0.1, -0.05) is 18.1 Å². The molecule has 1 aromatic rings. The Bertz CT molecular complexity index is 669. The van der Waals surface area contributed by atoms with Gasteiger partial charge in [0.1, 0.15) is 5.75 Å². The van der Waals surface area contributed by atoms with Gasteiger partial charge in [-0.25, -0.2) is 0 Å². The molecule has 0 saturated heterocycles. The Labute approximate surface area is 163 Å². The number of unbranched alkanes of at least 4 members (excludes halogenated alkanes) is 2. The molecule has 0 radical (unpaired) electrons. The number of hydrogen-bond acceptors (Lipinski definition) is 5. The van der Waals surface area contributed by atoms with Crippen LogP contribution in [0.2, 0.25) is 0 Å². The van der Waals surface area contributed by atoms with Crippen molar-refractivity contribution >= 4 is 29.0 Å². The molecule has 0 aliphatic rings. The Morgan fingerprint density at radius 3 is 2.70 bits per heavy atom. The van der Waals surface area contributed by atoms with E-state index >= 15 is 0 Å². The van der Waals surface area contributed by atoms with Crippen molar-refractivity contribution in [1.82, 2.24) is 10.7 Å². The van der Waals surface area contributed by atoms with E-state index in [4.69, 9.17) is 12.2 Å². The van der Waals surface area contributed by atoms with Gasteiger partial charge in [-0.2, -0.15) is 13.9 Å². The number of benzene rings is 1. The maximum atomic E-state index is 12.5. The number of aryl methyl sites for hydroxylation is 1. The summed E-state index contributed by atoms with van der Waals surface area (Å²) < 4.78 is 34.2. The fraction of sp³-hybridized carbons (Fsp3) is 0.500. The maximum absolute atomic E-state index is 12.5. The fourth-order valence-corrected chi connectivity index (χ4v) is 2.38. The number of rotatable bonds is 10. The Morgan fingerprint density at radius 1 is 1.30 bits per heavy atom. The third-order valence-corrected chi connectivity index (χ3v) is 3.87. The Balaban J connectivity index is 2.46. The predicted octanol–water partition coefficient (Wildman–Crippen LogP) is 3.52. The number of alkyl halides is 2. The maximum Gasteiger partial charge on any atom is 0.387 e. The number of thiocarbonyl (C=S) groups is 1. The van der Waals surface area contributed by atoms with E-state index in [0.29, 0.717) is 29.4 Å². The van der Waals surface area contributed by atoms with Crippen LogP contribution in [0.5, 0.6) is 5.75 Å².